The summed E-state index contributed by atoms with van der Waals surface area (Å²) >= 11 is 0. The Morgan fingerprint density at radius 3 is 2.58 bits per heavy atom. The predicted octanol–water partition coefficient (Wildman–Crippen LogP) is 2.93. The molecule has 1 fully saturated rings. The molecule has 3 heterocycles. The Bertz CT molecular complexity index is 1090. The third-order valence-electron chi connectivity index (χ3n) is 5.76. The van der Waals surface area contributed by atoms with Gasteiger partial charge in [0.2, 0.25) is 0 Å². The fourth-order valence-electron chi connectivity index (χ4n) is 3.96. The van der Waals surface area contributed by atoms with E-state index in [2.05, 4.69) is 4.98 Å². The van der Waals surface area contributed by atoms with E-state index >= 15 is 0 Å². The van der Waals surface area contributed by atoms with Crippen LogP contribution in [-0.4, -0.2) is 61.2 Å². The lowest BCUT2D eigenvalue weighted by molar-refractivity contribution is 0.00222. The first kappa shape index (κ1) is 21.8. The minimum Gasteiger partial charge on any atom is -0.381 e. The number of aromatic nitrogens is 2. The SMILES string of the molecule is CN1C=CN(S(=O)(=O)N(C)c2ccc3c(c2)nc(C(C)(F)F)n3CC2CCOCC2)C1. The first-order valence-electron chi connectivity index (χ1n) is 10.2. The number of nitrogens with zero attached hydrogens (tertiary/aromatic N) is 5. The van der Waals surface area contributed by atoms with Crippen molar-refractivity contribution in [3.8, 4) is 0 Å². The largest absolute Gasteiger partial charge is 0.381 e. The second kappa shape index (κ2) is 7.94. The molecule has 0 spiro atoms. The average molecular weight is 456 g/mol. The van der Waals surface area contributed by atoms with E-state index in [0.717, 1.165) is 24.1 Å². The Kier molecular flexibility index (Phi) is 5.59. The van der Waals surface area contributed by atoms with Gasteiger partial charge in [0.1, 0.15) is 6.67 Å². The summed E-state index contributed by atoms with van der Waals surface area (Å²) in [5.74, 6) is -3.19. The van der Waals surface area contributed by atoms with E-state index in [1.54, 1.807) is 40.9 Å². The summed E-state index contributed by atoms with van der Waals surface area (Å²) in [4.78, 5) is 5.95. The summed E-state index contributed by atoms with van der Waals surface area (Å²) in [6.45, 7) is 2.73. The van der Waals surface area contributed by atoms with Gasteiger partial charge in [-0.25, -0.2) is 9.29 Å². The van der Waals surface area contributed by atoms with E-state index in [4.69, 9.17) is 4.74 Å². The van der Waals surface area contributed by atoms with Gasteiger partial charge in [0.15, 0.2) is 5.82 Å². The van der Waals surface area contributed by atoms with Crippen molar-refractivity contribution in [2.45, 2.75) is 32.2 Å². The second-order valence-electron chi connectivity index (χ2n) is 8.22. The molecule has 1 aromatic heterocycles. The molecule has 0 unspecified atom stereocenters. The first-order valence-corrected chi connectivity index (χ1v) is 11.6. The summed E-state index contributed by atoms with van der Waals surface area (Å²) in [5, 5.41) is 0. The van der Waals surface area contributed by atoms with Crippen LogP contribution in [0.3, 0.4) is 0 Å². The molecule has 11 heteroatoms. The van der Waals surface area contributed by atoms with E-state index in [0.29, 0.717) is 36.5 Å². The Labute approximate surface area is 180 Å². The van der Waals surface area contributed by atoms with Gasteiger partial charge in [-0.2, -0.15) is 17.2 Å². The fraction of sp³-hybridized carbons (Fsp3) is 0.550. The summed E-state index contributed by atoms with van der Waals surface area (Å²) in [6.07, 6.45) is 4.78. The van der Waals surface area contributed by atoms with E-state index in [1.807, 2.05) is 0 Å². The molecule has 170 valence electrons. The van der Waals surface area contributed by atoms with Crippen molar-refractivity contribution >= 4 is 26.9 Å². The first-order chi connectivity index (χ1) is 14.6. The van der Waals surface area contributed by atoms with Crippen molar-refractivity contribution in [3.63, 3.8) is 0 Å². The number of hydrogen-bond acceptors (Lipinski definition) is 5. The highest BCUT2D eigenvalue weighted by Crippen LogP contribution is 2.33. The minimum absolute atomic E-state index is 0.209. The number of ether oxygens (including phenoxy) is 1. The highest BCUT2D eigenvalue weighted by atomic mass is 32.2. The van der Waals surface area contributed by atoms with Gasteiger partial charge >= 0.3 is 16.1 Å². The molecule has 0 aliphatic carbocycles. The van der Waals surface area contributed by atoms with Gasteiger partial charge in [-0.3, -0.25) is 4.31 Å². The third-order valence-corrected chi connectivity index (χ3v) is 7.49. The van der Waals surface area contributed by atoms with Crippen LogP contribution in [0, 0.1) is 5.92 Å². The Morgan fingerprint density at radius 2 is 1.97 bits per heavy atom. The van der Waals surface area contributed by atoms with Crippen molar-refractivity contribution in [2.75, 3.05) is 38.3 Å². The Balaban J connectivity index is 1.70. The normalized spacial score (nSPS) is 18.4. The smallest absolute Gasteiger partial charge is 0.327 e. The molecule has 0 saturated carbocycles. The van der Waals surface area contributed by atoms with Crippen molar-refractivity contribution in [1.29, 1.82) is 0 Å². The zero-order valence-corrected chi connectivity index (χ0v) is 18.6. The molecule has 0 N–H and O–H groups in total. The van der Waals surface area contributed by atoms with Crippen molar-refractivity contribution in [1.82, 2.24) is 18.8 Å². The van der Waals surface area contributed by atoms with Crippen LogP contribution in [0.25, 0.3) is 11.0 Å². The van der Waals surface area contributed by atoms with Gasteiger partial charge in [0, 0.05) is 53.2 Å². The van der Waals surface area contributed by atoms with Crippen LogP contribution in [0.1, 0.15) is 25.6 Å². The number of benzene rings is 1. The quantitative estimate of drug-likeness (QED) is 0.670. The maximum absolute atomic E-state index is 14.4. The van der Waals surface area contributed by atoms with Crippen LogP contribution in [0.2, 0.25) is 0 Å². The summed E-state index contributed by atoms with van der Waals surface area (Å²) in [5.41, 5.74) is 1.27. The average Bonchev–Trinajstić information content (AvgIpc) is 3.32. The molecule has 4 rings (SSSR count). The van der Waals surface area contributed by atoms with Crippen LogP contribution < -0.4 is 4.31 Å². The summed E-state index contributed by atoms with van der Waals surface area (Å²) in [6, 6.07) is 4.85. The Morgan fingerprint density at radius 1 is 1.26 bits per heavy atom. The molecular formula is C20H27F2N5O3S. The zero-order valence-electron chi connectivity index (χ0n) is 17.8. The van der Waals surface area contributed by atoms with E-state index in [9.17, 15) is 17.2 Å². The van der Waals surface area contributed by atoms with Crippen LogP contribution >= 0.6 is 0 Å². The fourth-order valence-corrected chi connectivity index (χ4v) is 5.19. The number of rotatable bonds is 6. The molecule has 2 aromatic rings. The van der Waals surface area contributed by atoms with Gasteiger partial charge in [0.25, 0.3) is 0 Å². The third kappa shape index (κ3) is 4.20. The minimum atomic E-state index is -3.81. The highest BCUT2D eigenvalue weighted by molar-refractivity contribution is 7.90. The van der Waals surface area contributed by atoms with E-state index in [-0.39, 0.29) is 18.4 Å². The van der Waals surface area contributed by atoms with Crippen LogP contribution in [0.15, 0.2) is 30.6 Å². The van der Waals surface area contributed by atoms with Gasteiger partial charge in [-0.15, -0.1) is 0 Å². The van der Waals surface area contributed by atoms with Gasteiger partial charge in [-0.1, -0.05) is 0 Å². The number of halogens is 2. The van der Waals surface area contributed by atoms with Crippen molar-refractivity contribution in [3.05, 3.63) is 36.4 Å². The standard InChI is InChI=1S/C20H27F2N5O3S/c1-20(21,22)19-23-17-12-16(25(3)31(28,29)26-9-8-24(2)14-26)4-5-18(17)27(19)13-15-6-10-30-11-7-15/h4-5,8-9,12,15H,6-7,10-11,13-14H2,1-3H3. The van der Waals surface area contributed by atoms with E-state index < -0.39 is 16.1 Å². The van der Waals surface area contributed by atoms with Gasteiger partial charge in [0.05, 0.1) is 16.7 Å². The van der Waals surface area contributed by atoms with Crippen LogP contribution in [0.4, 0.5) is 14.5 Å². The molecule has 2 aliphatic heterocycles. The molecule has 0 atom stereocenters. The number of anilines is 1. The topological polar surface area (TPSA) is 70.9 Å². The van der Waals surface area contributed by atoms with E-state index in [1.165, 1.54) is 17.6 Å². The predicted molar refractivity (Wildman–Crippen MR) is 114 cm³/mol. The molecule has 1 aromatic carbocycles. The molecular weight excluding hydrogens is 428 g/mol. The van der Waals surface area contributed by atoms with Gasteiger partial charge < -0.3 is 14.2 Å². The molecule has 8 nitrogen and oxygen atoms in total. The second-order valence-corrected chi connectivity index (χ2v) is 10.1. The van der Waals surface area contributed by atoms with Crippen molar-refractivity contribution < 1.29 is 21.9 Å². The lowest BCUT2D eigenvalue weighted by Gasteiger charge is -2.26. The molecule has 2 aliphatic rings. The van der Waals surface area contributed by atoms with Crippen LogP contribution in [0.5, 0.6) is 0 Å². The number of hydrogen-bond donors (Lipinski definition) is 0. The van der Waals surface area contributed by atoms with Crippen molar-refractivity contribution in [2.24, 2.45) is 5.92 Å². The number of alkyl halides is 2. The maximum Gasteiger partial charge on any atom is 0.327 e. The maximum atomic E-state index is 14.4. The Hall–Kier alpha value is -2.40. The lowest BCUT2D eigenvalue weighted by Crippen LogP contribution is -2.40. The number of fused-ring (bicyclic) bond motifs is 1. The van der Waals surface area contributed by atoms with Gasteiger partial charge in [-0.05, 0) is 37.0 Å². The molecule has 0 radical (unpaired) electrons. The summed E-state index contributed by atoms with van der Waals surface area (Å²) in [7, 11) is -0.591. The summed E-state index contributed by atoms with van der Waals surface area (Å²) < 4.78 is 63.9. The van der Waals surface area contributed by atoms with Crippen LogP contribution in [-0.2, 0) is 27.4 Å². The number of imidazole rings is 1. The molecule has 0 bridgehead atoms. The molecule has 1 saturated heterocycles. The zero-order chi connectivity index (χ0) is 22.4. The monoisotopic (exact) mass is 455 g/mol. The lowest BCUT2D eigenvalue weighted by atomic mass is 10.00. The highest BCUT2D eigenvalue weighted by Gasteiger charge is 2.34. The molecule has 0 amide bonds. The molecule has 31 heavy (non-hydrogen) atoms.